The van der Waals surface area contributed by atoms with Crippen molar-refractivity contribution in [3.8, 4) is 5.75 Å². The number of amides is 2. The van der Waals surface area contributed by atoms with Gasteiger partial charge in [0.25, 0.3) is 5.91 Å². The average Bonchev–Trinajstić information content (AvgIpc) is 2.98. The van der Waals surface area contributed by atoms with E-state index in [1.54, 1.807) is 24.3 Å². The van der Waals surface area contributed by atoms with Gasteiger partial charge in [-0.25, -0.2) is 4.98 Å². The highest BCUT2D eigenvalue weighted by Gasteiger charge is 2.41. The van der Waals surface area contributed by atoms with Gasteiger partial charge < -0.3 is 20.7 Å². The summed E-state index contributed by atoms with van der Waals surface area (Å²) in [5.74, 6) is 0.670. The number of hydrogen-bond acceptors (Lipinski definition) is 5. The lowest BCUT2D eigenvalue weighted by molar-refractivity contribution is 0.0926. The fourth-order valence-electron chi connectivity index (χ4n) is 4.46. The van der Waals surface area contributed by atoms with E-state index in [1.807, 2.05) is 6.07 Å². The number of nitrogens with zero attached hydrogens (tertiary/aromatic N) is 2. The zero-order valence-corrected chi connectivity index (χ0v) is 16.9. The normalized spacial score (nSPS) is 23.0. The number of pyridine rings is 1. The number of nitrogens with two attached hydrogens (primary N) is 1. The van der Waals surface area contributed by atoms with E-state index in [2.05, 4.69) is 15.2 Å². The number of carbonyl (C=O) groups is 2. The molecule has 3 atom stereocenters. The van der Waals surface area contributed by atoms with Gasteiger partial charge in [0.05, 0.1) is 23.3 Å². The van der Waals surface area contributed by atoms with Crippen molar-refractivity contribution in [3.63, 3.8) is 0 Å². The Bertz CT molecular complexity index is 920. The van der Waals surface area contributed by atoms with E-state index >= 15 is 0 Å². The maximum atomic E-state index is 12.8. The molecular weight excluding hydrogens is 392 g/mol. The van der Waals surface area contributed by atoms with E-state index in [9.17, 15) is 9.59 Å². The molecule has 2 aliphatic rings. The maximum absolute atomic E-state index is 12.8. The third-order valence-corrected chi connectivity index (χ3v) is 6.18. The molecule has 0 radical (unpaired) electrons. The Kier molecular flexibility index (Phi) is 5.32. The Morgan fingerprint density at radius 3 is 2.52 bits per heavy atom. The number of rotatable bonds is 5. The van der Waals surface area contributed by atoms with Gasteiger partial charge in [0, 0.05) is 24.3 Å². The monoisotopic (exact) mass is 414 g/mol. The number of fused-ring (bicyclic) bond motifs is 2. The van der Waals surface area contributed by atoms with E-state index < -0.39 is 5.91 Å². The van der Waals surface area contributed by atoms with Crippen LogP contribution in [0.5, 0.6) is 5.75 Å². The van der Waals surface area contributed by atoms with Gasteiger partial charge in [-0.1, -0.05) is 17.7 Å². The van der Waals surface area contributed by atoms with Gasteiger partial charge in [0.15, 0.2) is 0 Å². The highest BCUT2D eigenvalue weighted by molar-refractivity contribution is 6.35. The van der Waals surface area contributed by atoms with Crippen molar-refractivity contribution in [2.45, 2.75) is 43.8 Å². The summed E-state index contributed by atoms with van der Waals surface area (Å²) in [7, 11) is 1.53. The van der Waals surface area contributed by atoms with E-state index in [1.165, 1.54) is 13.3 Å². The third kappa shape index (κ3) is 3.74. The van der Waals surface area contributed by atoms with Crippen LogP contribution in [-0.2, 0) is 0 Å². The summed E-state index contributed by atoms with van der Waals surface area (Å²) in [6.07, 6.45) is 5.30. The predicted molar refractivity (Wildman–Crippen MR) is 111 cm³/mol. The first-order valence-electron chi connectivity index (χ1n) is 9.65. The molecule has 4 rings (SSSR count). The van der Waals surface area contributed by atoms with Gasteiger partial charge in [-0.05, 0) is 49.9 Å². The summed E-state index contributed by atoms with van der Waals surface area (Å²) in [5.41, 5.74) is 6.12. The fraction of sp³-hybridized carbons (Fsp3) is 0.381. The van der Waals surface area contributed by atoms with E-state index in [4.69, 9.17) is 22.1 Å². The molecule has 0 spiro atoms. The molecule has 0 unspecified atom stereocenters. The number of halogens is 1. The topological polar surface area (TPSA) is 97.5 Å². The first kappa shape index (κ1) is 19.5. The molecule has 2 amide bonds. The highest BCUT2D eigenvalue weighted by Crippen LogP contribution is 2.39. The Labute approximate surface area is 174 Å². The molecule has 152 valence electrons. The van der Waals surface area contributed by atoms with Crippen molar-refractivity contribution in [2.75, 3.05) is 12.0 Å². The molecule has 2 aliphatic heterocycles. The number of benzene rings is 1. The van der Waals surface area contributed by atoms with Crippen LogP contribution in [0.3, 0.4) is 0 Å². The highest BCUT2D eigenvalue weighted by atomic mass is 35.5. The van der Waals surface area contributed by atoms with Crippen LogP contribution < -0.4 is 20.7 Å². The molecule has 1 aromatic carbocycles. The summed E-state index contributed by atoms with van der Waals surface area (Å²) in [6, 6.07) is 9.42. The molecule has 2 aromatic rings. The Morgan fingerprint density at radius 1 is 1.21 bits per heavy atom. The van der Waals surface area contributed by atoms with Crippen LogP contribution in [0.25, 0.3) is 0 Å². The number of nitrogens with one attached hydrogen (secondary N) is 1. The Morgan fingerprint density at radius 2 is 1.93 bits per heavy atom. The fourth-order valence-corrected chi connectivity index (χ4v) is 4.75. The SMILES string of the molecule is COc1cccc(C(=O)N[C@H]2C[C@H]3CC[C@@H](C2)N3c2ccc(C(N)=O)cn2)c1Cl. The minimum Gasteiger partial charge on any atom is -0.495 e. The second-order valence-electron chi connectivity index (χ2n) is 7.53. The summed E-state index contributed by atoms with van der Waals surface area (Å²) in [6.45, 7) is 0. The second-order valence-corrected chi connectivity index (χ2v) is 7.90. The van der Waals surface area contributed by atoms with Crippen LogP contribution in [-0.4, -0.2) is 42.0 Å². The van der Waals surface area contributed by atoms with Crippen LogP contribution >= 0.6 is 11.6 Å². The van der Waals surface area contributed by atoms with Crippen LogP contribution in [0.15, 0.2) is 36.5 Å². The number of anilines is 1. The smallest absolute Gasteiger partial charge is 0.253 e. The zero-order chi connectivity index (χ0) is 20.5. The van der Waals surface area contributed by atoms with Crippen molar-refractivity contribution >= 4 is 29.2 Å². The van der Waals surface area contributed by atoms with E-state index in [-0.39, 0.29) is 11.9 Å². The van der Waals surface area contributed by atoms with Gasteiger partial charge in [0.1, 0.15) is 11.6 Å². The number of aromatic nitrogens is 1. The van der Waals surface area contributed by atoms with Crippen molar-refractivity contribution in [1.29, 1.82) is 0 Å². The molecule has 29 heavy (non-hydrogen) atoms. The van der Waals surface area contributed by atoms with Crippen LogP contribution in [0.2, 0.25) is 5.02 Å². The number of methoxy groups -OCH3 is 1. The van der Waals surface area contributed by atoms with Gasteiger partial charge in [-0.15, -0.1) is 0 Å². The van der Waals surface area contributed by atoms with Gasteiger partial charge in [-0.2, -0.15) is 0 Å². The molecule has 1 aromatic heterocycles. The second kappa shape index (κ2) is 7.91. The van der Waals surface area contributed by atoms with Gasteiger partial charge in [0.2, 0.25) is 5.91 Å². The number of hydrogen-bond donors (Lipinski definition) is 2. The van der Waals surface area contributed by atoms with Crippen LogP contribution in [0.1, 0.15) is 46.4 Å². The summed E-state index contributed by atoms with van der Waals surface area (Å²) in [4.78, 5) is 30.8. The maximum Gasteiger partial charge on any atom is 0.253 e. The molecule has 2 fully saturated rings. The molecule has 3 N–H and O–H groups in total. The largest absolute Gasteiger partial charge is 0.495 e. The molecule has 8 heteroatoms. The molecule has 0 saturated carbocycles. The number of carbonyl (C=O) groups excluding carboxylic acids is 2. The molecule has 2 bridgehead atoms. The van der Waals surface area contributed by atoms with Crippen molar-refractivity contribution in [2.24, 2.45) is 5.73 Å². The number of primary amides is 1. The lowest BCUT2D eigenvalue weighted by atomic mass is 9.96. The molecule has 3 heterocycles. The summed E-state index contributed by atoms with van der Waals surface area (Å²) in [5, 5.41) is 3.46. The minimum absolute atomic E-state index is 0.0726. The van der Waals surface area contributed by atoms with Crippen molar-refractivity contribution < 1.29 is 14.3 Å². The molecule has 7 nitrogen and oxygen atoms in total. The first-order chi connectivity index (χ1) is 14.0. The van der Waals surface area contributed by atoms with Gasteiger partial charge >= 0.3 is 0 Å². The van der Waals surface area contributed by atoms with Crippen LogP contribution in [0.4, 0.5) is 5.82 Å². The van der Waals surface area contributed by atoms with E-state index in [0.717, 1.165) is 31.5 Å². The lowest BCUT2D eigenvalue weighted by Gasteiger charge is -2.40. The number of piperidine rings is 1. The Hall–Kier alpha value is -2.80. The summed E-state index contributed by atoms with van der Waals surface area (Å²) >= 11 is 6.29. The minimum atomic E-state index is -0.482. The standard InChI is InChI=1S/C21H23ClN4O3/c1-29-17-4-2-3-16(19(17)22)21(28)25-13-9-14-6-7-15(10-13)26(14)18-8-5-12(11-24-18)20(23)27/h2-5,8,11,13-15H,6-7,9-10H2,1H3,(H2,23,27)(H,25,28)/t13-,14+,15-. The van der Waals surface area contributed by atoms with Gasteiger partial charge in [-0.3, -0.25) is 9.59 Å². The van der Waals surface area contributed by atoms with Crippen molar-refractivity contribution in [1.82, 2.24) is 10.3 Å². The van der Waals surface area contributed by atoms with Crippen LogP contribution in [0, 0.1) is 0 Å². The quantitative estimate of drug-likeness (QED) is 0.784. The Balaban J connectivity index is 1.45. The first-order valence-corrected chi connectivity index (χ1v) is 10.0. The predicted octanol–water partition coefficient (Wildman–Crippen LogP) is 2.77. The molecular formula is C21H23ClN4O3. The summed E-state index contributed by atoms with van der Waals surface area (Å²) < 4.78 is 5.20. The van der Waals surface area contributed by atoms with E-state index in [0.29, 0.717) is 34.0 Å². The number of ether oxygens (including phenoxy) is 1. The molecule has 2 saturated heterocycles. The lowest BCUT2D eigenvalue weighted by Crippen LogP contribution is -2.50. The van der Waals surface area contributed by atoms with Crippen molar-refractivity contribution in [3.05, 3.63) is 52.7 Å². The molecule has 0 aliphatic carbocycles. The zero-order valence-electron chi connectivity index (χ0n) is 16.1. The average molecular weight is 415 g/mol. The third-order valence-electron chi connectivity index (χ3n) is 5.79.